The lowest BCUT2D eigenvalue weighted by atomic mass is 10.5. The van der Waals surface area contributed by atoms with E-state index in [2.05, 4.69) is 9.84 Å². The van der Waals surface area contributed by atoms with Gasteiger partial charge in [0.2, 0.25) is 5.82 Å². The molecule has 21 heavy (non-hydrogen) atoms. The van der Waals surface area contributed by atoms with Crippen LogP contribution in [0, 0.1) is 0 Å². The van der Waals surface area contributed by atoms with Crippen LogP contribution in [-0.2, 0) is 16.1 Å². The molecule has 0 fully saturated rings. The number of halogens is 2. The zero-order chi connectivity index (χ0) is 15.1. The van der Waals surface area contributed by atoms with Crippen LogP contribution in [0.5, 0.6) is 0 Å². The molecule has 0 aromatic carbocycles. The summed E-state index contributed by atoms with van der Waals surface area (Å²) in [5.74, 6) is -1.32. The van der Waals surface area contributed by atoms with Crippen molar-refractivity contribution < 1.29 is 18.3 Å². The summed E-state index contributed by atoms with van der Waals surface area (Å²) in [5, 5.41) is 5.35. The number of hydrogen-bond donors (Lipinski definition) is 0. The van der Waals surface area contributed by atoms with Crippen molar-refractivity contribution in [2.24, 2.45) is 0 Å². The molecule has 0 atom stereocenters. The van der Waals surface area contributed by atoms with Gasteiger partial charge in [0.25, 0.3) is 12.0 Å². The molecule has 0 saturated carbocycles. The zero-order valence-corrected chi connectivity index (χ0v) is 11.6. The van der Waals surface area contributed by atoms with Gasteiger partial charge in [0, 0.05) is 0 Å². The largest absolute Gasteiger partial charge is 0.468 e. The maximum atomic E-state index is 13.2. The van der Waals surface area contributed by atoms with Crippen LogP contribution in [-0.4, -0.2) is 27.3 Å². The first kappa shape index (κ1) is 13.7. The number of ether oxygens (including phenoxy) is 1. The van der Waals surface area contributed by atoms with Gasteiger partial charge in [-0.05, 0) is 17.5 Å². The van der Waals surface area contributed by atoms with Gasteiger partial charge in [-0.25, -0.2) is 13.5 Å². The van der Waals surface area contributed by atoms with Crippen molar-refractivity contribution in [2.75, 3.05) is 7.11 Å². The second-order valence-electron chi connectivity index (χ2n) is 4.23. The molecule has 0 radical (unpaired) electrons. The van der Waals surface area contributed by atoms with Gasteiger partial charge >= 0.3 is 5.97 Å². The highest BCUT2D eigenvalue weighted by atomic mass is 32.1. The Morgan fingerprint density at radius 3 is 2.90 bits per heavy atom. The molecule has 9 heteroatoms. The number of alkyl halides is 2. The first-order chi connectivity index (χ1) is 10.0. The molecule has 3 aromatic rings. The van der Waals surface area contributed by atoms with E-state index in [9.17, 15) is 18.4 Å². The maximum Gasteiger partial charge on any atom is 0.327 e. The number of aromatic nitrogens is 3. The predicted octanol–water partition coefficient (Wildman–Crippen LogP) is 1.82. The van der Waals surface area contributed by atoms with Crippen LogP contribution in [0.15, 0.2) is 22.3 Å². The standard InChI is InChI=1S/C12H9F2N3O3S/c1-20-9(18)5-16-12(19)7-4-8-6(2-3-21-8)17(7)11(15-16)10(13)14/h2-4,10H,5H2,1H3. The minimum atomic E-state index is -2.88. The number of thiophene rings is 1. The van der Waals surface area contributed by atoms with E-state index in [1.807, 2.05) is 0 Å². The first-order valence-corrected chi connectivity index (χ1v) is 6.75. The summed E-state index contributed by atoms with van der Waals surface area (Å²) in [7, 11) is 1.15. The maximum absolute atomic E-state index is 13.2. The molecule has 0 unspecified atom stereocenters. The van der Waals surface area contributed by atoms with Crippen LogP contribution >= 0.6 is 11.3 Å². The lowest BCUT2D eigenvalue weighted by molar-refractivity contribution is -0.141. The summed E-state index contributed by atoms with van der Waals surface area (Å²) < 4.78 is 33.4. The summed E-state index contributed by atoms with van der Waals surface area (Å²) in [6, 6.07) is 3.16. The third-order valence-electron chi connectivity index (χ3n) is 3.03. The van der Waals surface area contributed by atoms with E-state index in [-0.39, 0.29) is 5.52 Å². The smallest absolute Gasteiger partial charge is 0.327 e. The average Bonchev–Trinajstić information content (AvgIpc) is 3.02. The Hall–Kier alpha value is -2.29. The Labute approximate surface area is 120 Å². The zero-order valence-electron chi connectivity index (χ0n) is 10.7. The number of carbonyl (C=O) groups is 1. The molecule has 0 aliphatic rings. The SMILES string of the molecule is COC(=O)Cn1nc(C(F)F)n2c(cc3sccc32)c1=O. The van der Waals surface area contributed by atoms with E-state index in [0.29, 0.717) is 14.9 Å². The van der Waals surface area contributed by atoms with Gasteiger partial charge in [0.15, 0.2) is 0 Å². The van der Waals surface area contributed by atoms with Crippen molar-refractivity contribution in [3.63, 3.8) is 0 Å². The molecule has 0 amide bonds. The minimum absolute atomic E-state index is 0.0612. The van der Waals surface area contributed by atoms with E-state index < -0.39 is 30.3 Å². The van der Waals surface area contributed by atoms with Gasteiger partial charge in [0.05, 0.1) is 17.3 Å². The Balaban J connectivity index is 2.35. The highest BCUT2D eigenvalue weighted by molar-refractivity contribution is 7.17. The number of carbonyl (C=O) groups excluding carboxylic acids is 1. The summed E-state index contributed by atoms with van der Waals surface area (Å²) in [4.78, 5) is 23.5. The third kappa shape index (κ3) is 2.09. The normalized spacial score (nSPS) is 11.6. The van der Waals surface area contributed by atoms with Crippen LogP contribution in [0.25, 0.3) is 15.7 Å². The molecule has 0 aliphatic heterocycles. The predicted molar refractivity (Wildman–Crippen MR) is 71.8 cm³/mol. The molecule has 6 nitrogen and oxygen atoms in total. The molecule has 0 spiro atoms. The molecule has 3 aromatic heterocycles. The van der Waals surface area contributed by atoms with Crippen LogP contribution in [0.4, 0.5) is 8.78 Å². The van der Waals surface area contributed by atoms with Crippen molar-refractivity contribution in [2.45, 2.75) is 13.0 Å². The monoisotopic (exact) mass is 313 g/mol. The third-order valence-corrected chi connectivity index (χ3v) is 3.88. The van der Waals surface area contributed by atoms with Crippen molar-refractivity contribution in [3.8, 4) is 0 Å². The number of esters is 1. The highest BCUT2D eigenvalue weighted by Crippen LogP contribution is 2.27. The fraction of sp³-hybridized carbons (Fsp3) is 0.250. The van der Waals surface area contributed by atoms with Gasteiger partial charge in [-0.3, -0.25) is 14.0 Å². The van der Waals surface area contributed by atoms with E-state index in [4.69, 9.17) is 0 Å². The quantitative estimate of drug-likeness (QED) is 0.692. The van der Waals surface area contributed by atoms with Crippen LogP contribution in [0.1, 0.15) is 12.2 Å². The van der Waals surface area contributed by atoms with Crippen molar-refractivity contribution in [3.05, 3.63) is 33.7 Å². The summed E-state index contributed by atoms with van der Waals surface area (Å²) in [6.07, 6.45) is -2.88. The Bertz CT molecular complexity index is 896. The number of fused-ring (bicyclic) bond motifs is 3. The fourth-order valence-corrected chi connectivity index (χ4v) is 2.91. The number of methoxy groups -OCH3 is 1. The van der Waals surface area contributed by atoms with Gasteiger partial charge in [-0.2, -0.15) is 0 Å². The van der Waals surface area contributed by atoms with Crippen molar-refractivity contribution >= 4 is 33.0 Å². The molecule has 0 N–H and O–H groups in total. The van der Waals surface area contributed by atoms with E-state index in [1.165, 1.54) is 17.4 Å². The molecule has 0 saturated heterocycles. The van der Waals surface area contributed by atoms with Gasteiger partial charge in [-0.1, -0.05) is 0 Å². The molecule has 3 heterocycles. The molecular weight excluding hydrogens is 304 g/mol. The van der Waals surface area contributed by atoms with E-state index in [1.54, 1.807) is 11.4 Å². The fourth-order valence-electron chi connectivity index (χ4n) is 2.11. The van der Waals surface area contributed by atoms with Gasteiger partial charge < -0.3 is 4.74 Å². The van der Waals surface area contributed by atoms with Crippen LogP contribution < -0.4 is 5.56 Å². The molecule has 110 valence electrons. The van der Waals surface area contributed by atoms with Gasteiger partial charge in [-0.15, -0.1) is 16.4 Å². The molecule has 3 rings (SSSR count). The number of rotatable bonds is 3. The lowest BCUT2D eigenvalue weighted by Gasteiger charge is -2.09. The summed E-state index contributed by atoms with van der Waals surface area (Å²) >= 11 is 1.33. The number of nitrogens with zero attached hydrogens (tertiary/aromatic N) is 3. The van der Waals surface area contributed by atoms with Crippen molar-refractivity contribution in [1.29, 1.82) is 0 Å². The minimum Gasteiger partial charge on any atom is -0.468 e. The van der Waals surface area contributed by atoms with E-state index >= 15 is 0 Å². The second kappa shape index (κ2) is 4.92. The van der Waals surface area contributed by atoms with Crippen molar-refractivity contribution in [1.82, 2.24) is 14.2 Å². The molecule has 0 bridgehead atoms. The Morgan fingerprint density at radius 2 is 2.24 bits per heavy atom. The van der Waals surface area contributed by atoms with Crippen LogP contribution in [0.2, 0.25) is 0 Å². The molecule has 0 aliphatic carbocycles. The number of hydrogen-bond acceptors (Lipinski definition) is 5. The average molecular weight is 313 g/mol. The summed E-state index contributed by atoms with van der Waals surface area (Å²) in [5.41, 5.74) is -0.0561. The first-order valence-electron chi connectivity index (χ1n) is 5.87. The van der Waals surface area contributed by atoms with E-state index in [0.717, 1.165) is 11.5 Å². The summed E-state index contributed by atoms with van der Waals surface area (Å²) in [6.45, 7) is -0.510. The lowest BCUT2D eigenvalue weighted by Crippen LogP contribution is -2.30. The topological polar surface area (TPSA) is 65.6 Å². The van der Waals surface area contributed by atoms with Crippen LogP contribution in [0.3, 0.4) is 0 Å². The van der Waals surface area contributed by atoms with Gasteiger partial charge in [0.1, 0.15) is 12.1 Å². The molecular formula is C12H9F2N3O3S. The Morgan fingerprint density at radius 1 is 1.48 bits per heavy atom. The second-order valence-corrected chi connectivity index (χ2v) is 5.18. The highest BCUT2D eigenvalue weighted by Gasteiger charge is 2.21. The Kier molecular flexibility index (Phi) is 3.20.